The first-order valence-corrected chi connectivity index (χ1v) is 41.0. The van der Waals surface area contributed by atoms with E-state index in [1.54, 1.807) is 6.20 Å². The van der Waals surface area contributed by atoms with E-state index in [1.165, 1.54) is 28.7 Å². The van der Waals surface area contributed by atoms with Crippen molar-refractivity contribution >= 4 is 132 Å². The lowest BCUT2D eigenvalue weighted by atomic mass is 9.84. The van der Waals surface area contributed by atoms with Gasteiger partial charge in [-0.15, -0.1) is 0 Å². The Balaban J connectivity index is 0.000000107. The number of hydrogen-bond donors (Lipinski definition) is 0. The number of fused-ring (bicyclic) bond motifs is 16. The molecule has 0 atom stereocenters. The third-order valence-electron chi connectivity index (χ3n) is 24.4. The largest absolute Gasteiger partial charge is 0.437 e. The van der Waals surface area contributed by atoms with Crippen molar-refractivity contribution in [2.75, 3.05) is 0 Å². The van der Waals surface area contributed by atoms with Crippen LogP contribution in [0, 0.1) is 41.5 Å². The molecule has 2 saturated carbocycles. The molecule has 12 aromatic heterocycles. The van der Waals surface area contributed by atoms with Crippen molar-refractivity contribution in [1.82, 2.24) is 19.9 Å². The smallest absolute Gasteiger partial charge is 0.227 e. The Labute approximate surface area is 688 Å². The molecule has 0 radical (unpaired) electrons. The lowest BCUT2D eigenvalue weighted by Crippen LogP contribution is -2.33. The molecule has 2 fully saturated rings. The Kier molecular flexibility index (Phi) is 17.5. The van der Waals surface area contributed by atoms with Crippen LogP contribution in [0.5, 0.6) is 0 Å². The summed E-state index contributed by atoms with van der Waals surface area (Å²) in [6, 6.07) is 73.2. The number of nitrogens with zero attached hydrogens (tertiary/aromatic N) is 8. The van der Waals surface area contributed by atoms with E-state index in [4.69, 9.17) is 44.5 Å². The third-order valence-corrected chi connectivity index (χ3v) is 24.4. The highest BCUT2D eigenvalue weighted by atomic mass is 16.4. The topological polar surface area (TPSA) is 120 Å². The molecule has 2 aliphatic rings. The van der Waals surface area contributed by atoms with Gasteiger partial charge in [-0.3, -0.25) is 0 Å². The molecule has 20 aromatic rings. The van der Waals surface area contributed by atoms with Crippen LogP contribution in [0.3, 0.4) is 0 Å². The molecule has 0 aliphatic heterocycles. The van der Waals surface area contributed by atoms with Crippen molar-refractivity contribution in [3.8, 4) is 45.0 Å². The van der Waals surface area contributed by atoms with E-state index in [1.807, 2.05) is 110 Å². The highest BCUT2D eigenvalue weighted by Crippen LogP contribution is 2.44. The van der Waals surface area contributed by atoms with Crippen LogP contribution < -0.4 is 18.3 Å². The molecule has 8 aromatic carbocycles. The zero-order valence-electron chi connectivity index (χ0n) is 73.6. The molecule has 578 valence electrons. The molecule has 0 N–H and O–H groups in total. The summed E-state index contributed by atoms with van der Waals surface area (Å²) in [6.07, 6.45) is 17.8. The minimum absolute atomic E-state index is 0.112. The summed E-state index contributed by atoms with van der Waals surface area (Å²) in [6.45, 7) is 14.9. The first-order chi connectivity index (χ1) is 58.6. The lowest BCUT2D eigenvalue weighted by Gasteiger charge is -2.21. The van der Waals surface area contributed by atoms with Crippen LogP contribution in [0.4, 0.5) is 0 Å². The van der Waals surface area contributed by atoms with Crippen molar-refractivity contribution in [2.24, 2.45) is 28.2 Å². The Bertz CT molecular complexity index is 7640. The highest BCUT2D eigenvalue weighted by molar-refractivity contribution is 6.15. The van der Waals surface area contributed by atoms with Gasteiger partial charge in [0.25, 0.3) is 0 Å². The zero-order chi connectivity index (χ0) is 84.6. The van der Waals surface area contributed by atoms with Crippen molar-refractivity contribution < 1.29 is 42.8 Å². The van der Waals surface area contributed by atoms with Crippen LogP contribution in [0.15, 0.2) is 255 Å². The maximum atomic E-state index is 9.01. The highest BCUT2D eigenvalue weighted by Gasteiger charge is 2.30. The molecule has 0 amide bonds. The van der Waals surface area contributed by atoms with Crippen LogP contribution in [-0.2, 0) is 33.6 Å². The van der Waals surface area contributed by atoms with Gasteiger partial charge < -0.3 is 17.7 Å². The maximum absolute atomic E-state index is 9.01. The fourth-order valence-corrected chi connectivity index (χ4v) is 18.0. The molecule has 117 heavy (non-hydrogen) atoms. The van der Waals surface area contributed by atoms with Crippen LogP contribution in [0.1, 0.15) is 147 Å². The molecule has 0 unspecified atom stereocenters. The summed E-state index contributed by atoms with van der Waals surface area (Å²) in [5.74, 6) is -0.903. The van der Waals surface area contributed by atoms with Crippen molar-refractivity contribution in [3.05, 3.63) is 287 Å². The molecule has 12 heterocycles. The maximum Gasteiger partial charge on any atom is 0.227 e. The van der Waals surface area contributed by atoms with Crippen LogP contribution >= 0.6 is 0 Å². The number of pyridine rings is 8. The number of benzene rings is 8. The average molecular weight is 1540 g/mol. The van der Waals surface area contributed by atoms with E-state index in [2.05, 4.69) is 222 Å². The van der Waals surface area contributed by atoms with E-state index in [9.17, 15) is 0 Å². The monoisotopic (exact) mass is 1540 g/mol. The number of aryl methyl sites for hydroxylation is 10. The average Bonchev–Trinajstić information content (AvgIpc) is 1.59. The van der Waals surface area contributed by atoms with E-state index >= 15 is 0 Å². The van der Waals surface area contributed by atoms with Crippen LogP contribution in [-0.4, -0.2) is 19.9 Å². The molecule has 0 saturated heterocycles. The Morgan fingerprint density at radius 3 is 0.949 bits per heavy atom. The molecule has 22 rings (SSSR count). The second kappa shape index (κ2) is 29.8. The van der Waals surface area contributed by atoms with Gasteiger partial charge in [0.15, 0.2) is 47.1 Å². The molecule has 12 nitrogen and oxygen atoms in total. The number of hydrogen-bond acceptors (Lipinski definition) is 8. The molecule has 0 spiro atoms. The first-order valence-electron chi connectivity index (χ1n) is 43.5. The third kappa shape index (κ3) is 13.6. The molecule has 12 heteroatoms. The number of rotatable bonds is 6. The summed E-state index contributed by atoms with van der Waals surface area (Å²) in [5.41, 5.74) is 27.7. The lowest BCUT2D eigenvalue weighted by molar-refractivity contribution is -0.661. The minimum Gasteiger partial charge on any atom is -0.437 e. The number of para-hydroxylation sites is 4. The van der Waals surface area contributed by atoms with Crippen molar-refractivity contribution in [2.45, 2.75) is 137 Å². The summed E-state index contributed by atoms with van der Waals surface area (Å²) < 4.78 is 75.1. The molecule has 2 aliphatic carbocycles. The predicted octanol–water partition coefficient (Wildman–Crippen LogP) is 25.4. The minimum atomic E-state index is -2.15. The normalized spacial score (nSPS) is 14.9. The SMILES string of the molecule is Cc1ccc2c(oc3nc4ccccc4cc32)c1-c1ccc(C(C)(C)C)c[n+]1C.[2H]C([2H])([2H])c1c[n+](C)c(-c2c(C)ccc3c2oc2nc4ccccc4cc23)cc1C.[2H]C1(c2ccc(-c3c(C)ccc4c3oc3nc5ccccc5cc34)[n+](C)c2)CCCC1.[2H]C1(c2ccc(-c3c(C)ccc4c3oc3nc5ccccc5cc34)[n+](C)c2)CCCCC1. The fourth-order valence-electron chi connectivity index (χ4n) is 18.0. The van der Waals surface area contributed by atoms with Gasteiger partial charge in [0.05, 0.1) is 44.3 Å². The first kappa shape index (κ1) is 68.6. The molecular weight excluding hydrogens is 1440 g/mol. The zero-order valence-corrected chi connectivity index (χ0v) is 68.6. The number of furan rings is 4. The van der Waals surface area contributed by atoms with Gasteiger partial charge in [0.2, 0.25) is 45.6 Å². The van der Waals surface area contributed by atoms with Crippen LogP contribution in [0.2, 0.25) is 0 Å². The molecular formula is C105H98N8O4+4. The summed E-state index contributed by atoms with van der Waals surface area (Å²) in [5, 5.41) is 12.9. The van der Waals surface area contributed by atoms with E-state index in [0.29, 0.717) is 28.4 Å². The van der Waals surface area contributed by atoms with E-state index in [0.717, 1.165) is 228 Å². The predicted molar refractivity (Wildman–Crippen MR) is 477 cm³/mol. The van der Waals surface area contributed by atoms with Gasteiger partial charge in [0, 0.05) is 118 Å². The van der Waals surface area contributed by atoms with E-state index < -0.39 is 18.6 Å². The summed E-state index contributed by atoms with van der Waals surface area (Å²) in [7, 11) is 8.14. The van der Waals surface area contributed by atoms with Gasteiger partial charge in [-0.1, -0.05) is 174 Å². The Hall–Kier alpha value is -12.8. The van der Waals surface area contributed by atoms with Gasteiger partial charge in [-0.2, -0.15) is 0 Å². The van der Waals surface area contributed by atoms with Gasteiger partial charge >= 0.3 is 0 Å². The van der Waals surface area contributed by atoms with Gasteiger partial charge in [-0.25, -0.2) is 38.2 Å². The van der Waals surface area contributed by atoms with Gasteiger partial charge in [-0.05, 0) is 179 Å². The van der Waals surface area contributed by atoms with Crippen LogP contribution in [0.25, 0.3) is 177 Å². The van der Waals surface area contributed by atoms with Crippen molar-refractivity contribution in [3.63, 3.8) is 0 Å². The Morgan fingerprint density at radius 1 is 0.316 bits per heavy atom. The molecule has 0 bridgehead atoms. The standard InChI is InChI=1S/C28H27N2O.C27H25N2O.C26H25N2O.C24H21N2O/c1-18-12-14-22-23-16-20-10-6-7-11-24(20)29-28(23)31-27(22)26(18)25-15-13-21(17-30(25)2)19-8-4-3-5-9-19;1-17-11-13-21-22-15-19-9-5-6-10-23(19)28-27(22)30-26(21)25(17)24-14-12-20(16-29(24)2)18-7-3-4-8-18;1-16-10-12-19-20-14-17-8-6-7-9-21(17)27-25(20)29-24(19)23(16)22-13-11-18(15-28(22)5)26(2,3)4;1-14-9-10-18-19-12-17-7-5-6-8-20(17)25-24(19)27-23(18)22(14)21-11-15(2)16(3)13-26(21)4/h6-7,10-17,19H,3-5,8-9H2,1-2H3;5-6,9-16,18H,3-4,7-8H2,1-2H3;6-15H,1-5H3;5-13H,1-4H3/q4*+1/i19D;18D;;3D3. The second-order valence-corrected chi connectivity index (χ2v) is 33.4. The second-order valence-electron chi connectivity index (χ2n) is 33.4. The number of aromatic nitrogens is 8. The quantitative estimate of drug-likeness (QED) is 0.151. The van der Waals surface area contributed by atoms with Gasteiger partial charge in [0.1, 0.15) is 28.2 Å². The Morgan fingerprint density at radius 2 is 0.624 bits per heavy atom. The van der Waals surface area contributed by atoms with E-state index in [-0.39, 0.29) is 5.41 Å². The fraction of sp³-hybridized carbons (Fsp3) is 0.238. The summed E-state index contributed by atoms with van der Waals surface area (Å²) >= 11 is 0. The van der Waals surface area contributed by atoms with Crippen molar-refractivity contribution in [1.29, 1.82) is 0 Å². The summed E-state index contributed by atoms with van der Waals surface area (Å²) in [4.78, 5) is 19.1.